The molecule has 0 nitrogen and oxygen atoms in total. The Morgan fingerprint density at radius 3 is 1.32 bits per heavy atom. The molecule has 0 radical (unpaired) electrons. The molecule has 0 bridgehead atoms. The van der Waals surface area contributed by atoms with Crippen molar-refractivity contribution in [3.8, 4) is 0 Å². The van der Waals surface area contributed by atoms with E-state index in [1.165, 1.54) is 66.8 Å². The molecule has 0 aromatic heterocycles. The number of fused-ring (bicyclic) bond motifs is 2. The van der Waals surface area contributed by atoms with E-state index < -0.39 is 0 Å². The molecule has 0 saturated carbocycles. The second kappa shape index (κ2) is 16.6. The van der Waals surface area contributed by atoms with E-state index in [1.807, 2.05) is 0 Å². The van der Waals surface area contributed by atoms with Crippen molar-refractivity contribution in [1.82, 2.24) is 0 Å². The Morgan fingerprint density at radius 1 is 0.537 bits per heavy atom. The number of halogens is 2. The molecule has 0 N–H and O–H groups in total. The Bertz CT molecular complexity index is 1630. The van der Waals surface area contributed by atoms with Gasteiger partial charge in [-0.15, -0.1) is 47.5 Å². The second-order valence-electron chi connectivity index (χ2n) is 9.51. The molecular formula is C37H30Cl2HfSi-2. The first-order valence-corrected chi connectivity index (χ1v) is 20.7. The van der Waals surface area contributed by atoms with E-state index in [2.05, 4.69) is 158 Å². The molecule has 0 aliphatic heterocycles. The van der Waals surface area contributed by atoms with E-state index in [9.17, 15) is 0 Å². The summed E-state index contributed by atoms with van der Waals surface area (Å²) in [7, 11) is 0. The first kappa shape index (κ1) is 32.8. The maximum Gasteiger partial charge on any atom is -0.0205 e. The molecule has 5 aromatic carbocycles. The van der Waals surface area contributed by atoms with Crippen LogP contribution in [0, 0.1) is 12.2 Å². The van der Waals surface area contributed by atoms with E-state index in [0.717, 1.165) is 12.8 Å². The van der Waals surface area contributed by atoms with Gasteiger partial charge >= 0.3 is 70.6 Å². The minimum Gasteiger partial charge on any atom is -1.00 e. The SMILES string of the molecule is C[Si](=[Hf+2])c1ccccc1.[C-]1=C(c2ccc3ccccc3c2)C=CC1.[C-]1=C(c2ccc3ccccc3c2)C=CC1.[Cl-].[Cl-]. The van der Waals surface area contributed by atoms with Crippen LogP contribution in [0.1, 0.15) is 24.0 Å². The van der Waals surface area contributed by atoms with Crippen LogP contribution in [0.5, 0.6) is 0 Å². The quantitative estimate of drug-likeness (QED) is 0.197. The van der Waals surface area contributed by atoms with Gasteiger partial charge in [-0.2, -0.15) is 35.5 Å². The molecule has 2 aliphatic carbocycles. The Morgan fingerprint density at radius 2 is 0.951 bits per heavy atom. The Hall–Kier alpha value is -2.75. The van der Waals surface area contributed by atoms with Gasteiger partial charge in [0.25, 0.3) is 0 Å². The molecule has 202 valence electrons. The summed E-state index contributed by atoms with van der Waals surface area (Å²) in [6.07, 6.45) is 17.2. The maximum atomic E-state index is 3.34. The van der Waals surface area contributed by atoms with Crippen molar-refractivity contribution in [3.05, 3.63) is 163 Å². The molecule has 41 heavy (non-hydrogen) atoms. The number of benzene rings is 5. The minimum absolute atomic E-state index is 0. The summed E-state index contributed by atoms with van der Waals surface area (Å²) in [6.45, 7) is 2.37. The zero-order valence-corrected chi connectivity index (χ0v) is 29.1. The summed E-state index contributed by atoms with van der Waals surface area (Å²) in [6, 6.07) is 40.8. The van der Waals surface area contributed by atoms with Crippen LogP contribution < -0.4 is 30.0 Å². The van der Waals surface area contributed by atoms with Gasteiger partial charge in [0, 0.05) is 0 Å². The maximum absolute atomic E-state index is 3.34. The van der Waals surface area contributed by atoms with E-state index in [-0.39, 0.29) is 30.3 Å². The van der Waals surface area contributed by atoms with E-state index in [1.54, 1.807) is 5.19 Å². The van der Waals surface area contributed by atoms with Crippen LogP contribution in [-0.2, 0) is 23.0 Å². The van der Waals surface area contributed by atoms with E-state index in [4.69, 9.17) is 0 Å². The van der Waals surface area contributed by atoms with Crippen molar-refractivity contribution in [2.45, 2.75) is 19.4 Å². The van der Waals surface area contributed by atoms with Gasteiger partial charge in [0.15, 0.2) is 0 Å². The van der Waals surface area contributed by atoms with Gasteiger partial charge in [0.2, 0.25) is 0 Å². The molecule has 0 saturated heterocycles. The van der Waals surface area contributed by atoms with Crippen LogP contribution in [0.4, 0.5) is 0 Å². The molecule has 0 fully saturated rings. The van der Waals surface area contributed by atoms with Crippen molar-refractivity contribution >= 4 is 43.4 Å². The van der Waals surface area contributed by atoms with Crippen LogP contribution in [0.3, 0.4) is 0 Å². The van der Waals surface area contributed by atoms with Crippen molar-refractivity contribution < 1.29 is 47.8 Å². The number of hydrogen-bond donors (Lipinski definition) is 0. The Balaban J connectivity index is 0.000000171. The van der Waals surface area contributed by atoms with Gasteiger partial charge in [0.05, 0.1) is 0 Å². The fraction of sp³-hybridized carbons (Fsp3) is 0.0811. The zero-order valence-electron chi connectivity index (χ0n) is 22.9. The largest absolute Gasteiger partial charge is 1.00 e. The number of hydrogen-bond acceptors (Lipinski definition) is 0. The standard InChI is InChI=1S/2C15H11.C7H8Si.2ClH.Hf/c2*1-2-6-12(5-1)15-10-9-13-7-3-4-8-14(13)11-15;1-8-7-5-3-2-4-6-7;;;/h2*1,3-5,7-11H,2H2;2-6H,1H3;2*1H;/q2*-1;;;;+2/p-2. The van der Waals surface area contributed by atoms with Gasteiger partial charge in [-0.05, 0) is 21.5 Å². The van der Waals surface area contributed by atoms with Gasteiger partial charge in [0.1, 0.15) is 0 Å². The van der Waals surface area contributed by atoms with E-state index >= 15 is 0 Å². The topological polar surface area (TPSA) is 0 Å². The fourth-order valence-corrected chi connectivity index (χ4v) is 7.10. The molecule has 4 heteroatoms. The summed E-state index contributed by atoms with van der Waals surface area (Å²) < 4.78 is 0. The average Bonchev–Trinajstić information content (AvgIpc) is 3.73. The smallest absolute Gasteiger partial charge is 0.0205 e. The third-order valence-electron chi connectivity index (χ3n) is 6.72. The molecule has 2 aliphatic rings. The molecule has 7 rings (SSSR count). The molecule has 0 spiro atoms. The molecular weight excluding hydrogens is 722 g/mol. The Labute approximate surface area is 271 Å². The average molecular weight is 752 g/mol. The van der Waals surface area contributed by atoms with Crippen molar-refractivity contribution in [2.75, 3.05) is 0 Å². The molecule has 0 amide bonds. The summed E-state index contributed by atoms with van der Waals surface area (Å²) in [4.78, 5) is 0. The first-order chi connectivity index (χ1) is 19.2. The summed E-state index contributed by atoms with van der Waals surface area (Å²) in [5.41, 5.74) is 4.90. The van der Waals surface area contributed by atoms with Gasteiger partial charge in [-0.25, -0.2) is 0 Å². The van der Waals surface area contributed by atoms with Gasteiger partial charge in [-0.1, -0.05) is 73.5 Å². The zero-order chi connectivity index (χ0) is 26.9. The number of rotatable bonds is 3. The van der Waals surface area contributed by atoms with Crippen LogP contribution in [-0.4, -0.2) is 5.49 Å². The van der Waals surface area contributed by atoms with Crippen LogP contribution in [0.15, 0.2) is 140 Å². The minimum atomic E-state index is -0.0733. The second-order valence-corrected chi connectivity index (χ2v) is 19.4. The normalized spacial score (nSPS) is 12.7. The molecule has 0 heterocycles. The predicted molar refractivity (Wildman–Crippen MR) is 166 cm³/mol. The molecule has 5 aromatic rings. The van der Waals surface area contributed by atoms with Crippen molar-refractivity contribution in [2.24, 2.45) is 0 Å². The first-order valence-electron chi connectivity index (χ1n) is 13.3. The van der Waals surface area contributed by atoms with E-state index in [0.29, 0.717) is 0 Å². The van der Waals surface area contributed by atoms with Crippen LogP contribution >= 0.6 is 0 Å². The molecule has 0 unspecified atom stereocenters. The van der Waals surface area contributed by atoms with Crippen LogP contribution in [0.25, 0.3) is 32.7 Å². The molecule has 0 atom stereocenters. The van der Waals surface area contributed by atoms with Gasteiger partial charge in [-0.3, -0.25) is 0 Å². The monoisotopic (exact) mass is 752 g/mol. The Kier molecular flexibility index (Phi) is 13.3. The van der Waals surface area contributed by atoms with Crippen LogP contribution in [0.2, 0.25) is 6.55 Å². The number of allylic oxidation sites excluding steroid dienone is 8. The summed E-state index contributed by atoms with van der Waals surface area (Å²) >= 11 is 1.36. The fourth-order valence-electron chi connectivity index (χ4n) is 4.61. The predicted octanol–water partition coefficient (Wildman–Crippen LogP) is 3.04. The van der Waals surface area contributed by atoms with Crippen molar-refractivity contribution in [3.63, 3.8) is 0 Å². The third-order valence-corrected chi connectivity index (χ3v) is 11.0. The summed E-state index contributed by atoms with van der Waals surface area (Å²) in [5, 5.41) is 6.76. The third kappa shape index (κ3) is 9.12. The summed E-state index contributed by atoms with van der Waals surface area (Å²) in [5.74, 6) is 0. The van der Waals surface area contributed by atoms with Gasteiger partial charge < -0.3 is 24.8 Å². The van der Waals surface area contributed by atoms with Crippen molar-refractivity contribution in [1.29, 1.82) is 0 Å².